The fourth-order valence-electron chi connectivity index (χ4n) is 1.14. The average molecular weight is 210 g/mol. The molecule has 0 saturated carbocycles. The van der Waals surface area contributed by atoms with Gasteiger partial charge in [0.15, 0.2) is 0 Å². The third-order valence-corrected chi connectivity index (χ3v) is 1.79. The Morgan fingerprint density at radius 1 is 1.53 bits per heavy atom. The van der Waals surface area contributed by atoms with E-state index in [9.17, 15) is 20.0 Å². The summed E-state index contributed by atoms with van der Waals surface area (Å²) >= 11 is 0. The average Bonchev–Trinajstić information content (AvgIpc) is 2.25. The van der Waals surface area contributed by atoms with Gasteiger partial charge in [-0.05, 0) is 6.07 Å². The Morgan fingerprint density at radius 3 is 2.80 bits per heavy atom. The van der Waals surface area contributed by atoms with Crippen LogP contribution in [0.4, 0.5) is 5.69 Å². The summed E-state index contributed by atoms with van der Waals surface area (Å²) < 4.78 is 4.21. The number of aliphatic hydroxyl groups excluding tert-OH is 1. The first-order chi connectivity index (χ1) is 7.16. The number of benzene rings is 1. The summed E-state index contributed by atoms with van der Waals surface area (Å²) in [4.78, 5) is 19.7. The molecule has 1 aromatic carbocycles. The van der Waals surface area contributed by atoms with Gasteiger partial charge in [-0.3, -0.25) is 10.1 Å². The smallest absolute Gasteiger partial charge is 0.417 e. The number of hydrogen-bond acceptors (Lipinski definition) is 5. The molecule has 0 aliphatic carbocycles. The molecule has 1 rings (SSSR count). The molecule has 0 aliphatic rings. The van der Waals surface area contributed by atoms with Crippen molar-refractivity contribution in [2.24, 2.45) is 0 Å². The van der Waals surface area contributed by atoms with Crippen molar-refractivity contribution in [3.63, 3.8) is 0 Å². The van der Waals surface area contributed by atoms with Gasteiger partial charge in [0.2, 0.25) is 0 Å². The van der Waals surface area contributed by atoms with Crippen molar-refractivity contribution in [1.29, 1.82) is 0 Å². The van der Waals surface area contributed by atoms with E-state index in [-0.39, 0.29) is 17.9 Å². The molecule has 1 aromatic rings. The topological polar surface area (TPSA) is 89.7 Å². The van der Waals surface area contributed by atoms with E-state index in [1.807, 2.05) is 0 Å². The molecule has 1 unspecified atom stereocenters. The van der Waals surface area contributed by atoms with Gasteiger partial charge in [0.1, 0.15) is 12.7 Å². The zero-order chi connectivity index (χ0) is 11.3. The molecule has 0 fully saturated rings. The third kappa shape index (κ3) is 2.75. The lowest BCUT2D eigenvalue weighted by Crippen LogP contribution is -2.08. The SMILES string of the molecule is O=[C]OCC(O)c1ccccc1[N+](=O)[O-]. The van der Waals surface area contributed by atoms with E-state index >= 15 is 0 Å². The summed E-state index contributed by atoms with van der Waals surface area (Å²) in [5.41, 5.74) is -0.0998. The van der Waals surface area contributed by atoms with Crippen molar-refractivity contribution in [3.05, 3.63) is 39.9 Å². The van der Waals surface area contributed by atoms with Gasteiger partial charge < -0.3 is 9.84 Å². The minimum atomic E-state index is -1.21. The number of nitrogens with zero attached hydrogens (tertiary/aromatic N) is 1. The number of nitro benzene ring substituents is 1. The molecule has 0 spiro atoms. The lowest BCUT2D eigenvalue weighted by atomic mass is 10.1. The highest BCUT2D eigenvalue weighted by molar-refractivity contribution is 5.42. The fraction of sp³-hybridized carbons (Fsp3) is 0.222. The molecular weight excluding hydrogens is 202 g/mol. The molecule has 15 heavy (non-hydrogen) atoms. The summed E-state index contributed by atoms with van der Waals surface area (Å²) in [6, 6.07) is 5.71. The molecule has 6 heteroatoms. The Labute approximate surface area is 85.2 Å². The molecular formula is C9H8NO5. The van der Waals surface area contributed by atoms with Crippen LogP contribution in [0, 0.1) is 10.1 Å². The second-order valence-electron chi connectivity index (χ2n) is 2.73. The quantitative estimate of drug-likeness (QED) is 0.571. The van der Waals surface area contributed by atoms with Gasteiger partial charge in [0, 0.05) is 6.07 Å². The van der Waals surface area contributed by atoms with Crippen LogP contribution < -0.4 is 0 Å². The van der Waals surface area contributed by atoms with E-state index in [1.165, 1.54) is 18.2 Å². The van der Waals surface area contributed by atoms with Crippen LogP contribution in [-0.4, -0.2) is 23.1 Å². The number of carbonyl (C=O) groups excluding carboxylic acids is 1. The molecule has 0 amide bonds. The highest BCUT2D eigenvalue weighted by Crippen LogP contribution is 2.24. The minimum absolute atomic E-state index is 0.109. The molecule has 1 radical (unpaired) electrons. The summed E-state index contributed by atoms with van der Waals surface area (Å²) in [5, 5.41) is 20.0. The maximum atomic E-state index is 10.6. The first kappa shape index (κ1) is 11.1. The molecule has 0 aliphatic heterocycles. The Morgan fingerprint density at radius 2 is 2.20 bits per heavy atom. The summed E-state index contributed by atoms with van der Waals surface area (Å²) in [6.45, 7) is 0.784. The standard InChI is InChI=1S/C9H8NO5/c11-6-15-5-9(12)7-3-1-2-4-8(7)10(13)14/h1-4,9,12H,5H2. The van der Waals surface area contributed by atoms with E-state index in [1.54, 1.807) is 6.07 Å². The molecule has 1 atom stereocenters. The Bertz CT molecular complexity index is 365. The summed E-state index contributed by atoms with van der Waals surface area (Å²) in [5.74, 6) is 0. The normalized spacial score (nSPS) is 11.8. The molecule has 0 heterocycles. The first-order valence-corrected chi connectivity index (χ1v) is 4.07. The second kappa shape index (κ2) is 5.06. The highest BCUT2D eigenvalue weighted by Gasteiger charge is 2.19. The van der Waals surface area contributed by atoms with E-state index in [0.717, 1.165) is 6.47 Å². The van der Waals surface area contributed by atoms with Crippen molar-refractivity contribution in [2.45, 2.75) is 6.10 Å². The Balaban J connectivity index is 2.91. The summed E-state index contributed by atoms with van der Waals surface area (Å²) in [6.07, 6.45) is -1.21. The maximum Gasteiger partial charge on any atom is 0.417 e. The van der Waals surface area contributed by atoms with Gasteiger partial charge in [-0.2, -0.15) is 0 Å². The number of rotatable bonds is 5. The third-order valence-electron chi connectivity index (χ3n) is 1.79. The van der Waals surface area contributed by atoms with E-state index in [0.29, 0.717) is 0 Å². The molecule has 6 nitrogen and oxygen atoms in total. The van der Waals surface area contributed by atoms with Crippen LogP contribution in [0.2, 0.25) is 0 Å². The molecule has 0 saturated heterocycles. The largest absolute Gasteiger partial charge is 0.454 e. The van der Waals surface area contributed by atoms with Crippen LogP contribution in [0.3, 0.4) is 0 Å². The van der Waals surface area contributed by atoms with Crippen LogP contribution in [0.25, 0.3) is 0 Å². The zero-order valence-electron chi connectivity index (χ0n) is 7.62. The van der Waals surface area contributed by atoms with Crippen LogP contribution >= 0.6 is 0 Å². The van der Waals surface area contributed by atoms with Gasteiger partial charge in [0.25, 0.3) is 5.69 Å². The minimum Gasteiger partial charge on any atom is -0.454 e. The van der Waals surface area contributed by atoms with Crippen molar-refractivity contribution >= 4 is 12.2 Å². The van der Waals surface area contributed by atoms with Crippen molar-refractivity contribution < 1.29 is 19.6 Å². The summed E-state index contributed by atoms with van der Waals surface area (Å²) in [7, 11) is 0. The first-order valence-electron chi connectivity index (χ1n) is 4.07. The number of para-hydroxylation sites is 1. The number of nitro groups is 1. The van der Waals surface area contributed by atoms with Gasteiger partial charge in [-0.25, -0.2) is 4.79 Å². The van der Waals surface area contributed by atoms with Gasteiger partial charge in [-0.15, -0.1) is 0 Å². The van der Waals surface area contributed by atoms with Crippen molar-refractivity contribution in [2.75, 3.05) is 6.61 Å². The maximum absolute atomic E-state index is 10.6. The van der Waals surface area contributed by atoms with Crippen LogP contribution in [-0.2, 0) is 9.53 Å². The van der Waals surface area contributed by atoms with E-state index < -0.39 is 11.0 Å². The van der Waals surface area contributed by atoms with Gasteiger partial charge in [-0.1, -0.05) is 12.1 Å². The molecule has 1 N–H and O–H groups in total. The monoisotopic (exact) mass is 210 g/mol. The lowest BCUT2D eigenvalue weighted by molar-refractivity contribution is -0.386. The van der Waals surface area contributed by atoms with Crippen molar-refractivity contribution in [3.8, 4) is 0 Å². The van der Waals surface area contributed by atoms with Crippen molar-refractivity contribution in [1.82, 2.24) is 0 Å². The molecule has 0 aromatic heterocycles. The molecule has 79 valence electrons. The molecule has 0 bridgehead atoms. The predicted octanol–water partition coefficient (Wildman–Crippen LogP) is 0.712. The van der Waals surface area contributed by atoms with Crippen LogP contribution in [0.5, 0.6) is 0 Å². The Kier molecular flexibility index (Phi) is 3.75. The number of hydrogen-bond donors (Lipinski definition) is 1. The lowest BCUT2D eigenvalue weighted by Gasteiger charge is -2.08. The van der Waals surface area contributed by atoms with Crippen LogP contribution in [0.15, 0.2) is 24.3 Å². The van der Waals surface area contributed by atoms with Crippen LogP contribution in [0.1, 0.15) is 11.7 Å². The van der Waals surface area contributed by atoms with Gasteiger partial charge >= 0.3 is 6.47 Å². The number of ether oxygens (including phenoxy) is 1. The zero-order valence-corrected chi connectivity index (χ0v) is 7.62. The van der Waals surface area contributed by atoms with E-state index in [2.05, 4.69) is 4.74 Å². The van der Waals surface area contributed by atoms with E-state index in [4.69, 9.17) is 0 Å². The highest BCUT2D eigenvalue weighted by atomic mass is 16.6. The van der Waals surface area contributed by atoms with Gasteiger partial charge in [0.05, 0.1) is 10.5 Å². The predicted molar refractivity (Wildman–Crippen MR) is 49.7 cm³/mol. The number of aliphatic hydroxyl groups is 1. The fourth-order valence-corrected chi connectivity index (χ4v) is 1.14. The Hall–Kier alpha value is -1.95. The second-order valence-corrected chi connectivity index (χ2v) is 2.73.